The number of hydrogen-bond acceptors (Lipinski definition) is 6. The Morgan fingerprint density at radius 1 is 1.30 bits per heavy atom. The van der Waals surface area contributed by atoms with Gasteiger partial charge in [-0.2, -0.15) is 4.39 Å². The minimum absolute atomic E-state index is 0.0137. The lowest BCUT2D eigenvalue weighted by Crippen LogP contribution is -2.08. The molecule has 0 aliphatic heterocycles. The van der Waals surface area contributed by atoms with Crippen LogP contribution in [0.2, 0.25) is 0 Å². The van der Waals surface area contributed by atoms with E-state index in [1.54, 1.807) is 0 Å². The van der Waals surface area contributed by atoms with Crippen LogP contribution in [0.5, 0.6) is 0 Å². The SMILES string of the molecule is COC(=O)c1cc(C(C)=O)c(-c2cccc([N+](=O)[O-])c2F)cn1. The summed E-state index contributed by atoms with van der Waals surface area (Å²) < 4.78 is 18.8. The molecule has 0 spiro atoms. The number of pyridine rings is 1. The molecule has 0 N–H and O–H groups in total. The zero-order valence-electron chi connectivity index (χ0n) is 12.2. The summed E-state index contributed by atoms with van der Waals surface area (Å²) in [5, 5.41) is 10.8. The van der Waals surface area contributed by atoms with E-state index in [1.165, 1.54) is 25.1 Å². The number of benzene rings is 1. The van der Waals surface area contributed by atoms with Crippen LogP contribution in [0.4, 0.5) is 10.1 Å². The molecule has 0 amide bonds. The summed E-state index contributed by atoms with van der Waals surface area (Å²) in [6.45, 7) is 1.23. The Morgan fingerprint density at radius 3 is 2.57 bits per heavy atom. The largest absolute Gasteiger partial charge is 0.464 e. The van der Waals surface area contributed by atoms with E-state index in [2.05, 4.69) is 9.72 Å². The Bertz CT molecular complexity index is 820. The first-order valence-electron chi connectivity index (χ1n) is 6.39. The maximum atomic E-state index is 14.3. The number of rotatable bonds is 4. The van der Waals surface area contributed by atoms with Gasteiger partial charge >= 0.3 is 11.7 Å². The summed E-state index contributed by atoms with van der Waals surface area (Å²) >= 11 is 0. The summed E-state index contributed by atoms with van der Waals surface area (Å²) in [5.41, 5.74) is -0.902. The lowest BCUT2D eigenvalue weighted by molar-refractivity contribution is -0.387. The number of nitro groups is 1. The Labute approximate surface area is 129 Å². The number of nitro benzene ring substituents is 1. The number of esters is 1. The number of carbonyl (C=O) groups is 2. The van der Waals surface area contributed by atoms with E-state index >= 15 is 0 Å². The second kappa shape index (κ2) is 6.30. The smallest absolute Gasteiger partial charge is 0.356 e. The predicted molar refractivity (Wildman–Crippen MR) is 77.6 cm³/mol. The molecular weight excluding hydrogens is 307 g/mol. The fraction of sp³-hybridized carbons (Fsp3) is 0.133. The topological polar surface area (TPSA) is 99.4 Å². The van der Waals surface area contributed by atoms with E-state index in [1.807, 2.05) is 0 Å². The van der Waals surface area contributed by atoms with Crippen molar-refractivity contribution in [2.24, 2.45) is 0 Å². The summed E-state index contributed by atoms with van der Waals surface area (Å²) in [7, 11) is 1.16. The van der Waals surface area contributed by atoms with Gasteiger partial charge in [-0.25, -0.2) is 9.78 Å². The first-order chi connectivity index (χ1) is 10.9. The van der Waals surface area contributed by atoms with Crippen molar-refractivity contribution in [1.82, 2.24) is 4.98 Å². The van der Waals surface area contributed by atoms with Crippen LogP contribution in [0.25, 0.3) is 11.1 Å². The van der Waals surface area contributed by atoms with Crippen LogP contribution in [0.3, 0.4) is 0 Å². The molecule has 0 atom stereocenters. The van der Waals surface area contributed by atoms with Crippen LogP contribution in [-0.4, -0.2) is 28.8 Å². The third kappa shape index (κ3) is 3.05. The van der Waals surface area contributed by atoms with Crippen molar-refractivity contribution in [1.29, 1.82) is 0 Å². The fourth-order valence-electron chi connectivity index (χ4n) is 2.05. The molecule has 0 unspecified atom stereocenters. The van der Waals surface area contributed by atoms with E-state index < -0.39 is 28.2 Å². The van der Waals surface area contributed by atoms with Crippen LogP contribution in [0, 0.1) is 15.9 Å². The molecule has 0 saturated carbocycles. The van der Waals surface area contributed by atoms with Crippen LogP contribution in [-0.2, 0) is 4.74 Å². The number of ether oxygens (including phenoxy) is 1. The Morgan fingerprint density at radius 2 is 2.00 bits per heavy atom. The first kappa shape index (κ1) is 16.2. The Hall–Kier alpha value is -3.16. The van der Waals surface area contributed by atoms with Gasteiger partial charge in [0.1, 0.15) is 5.69 Å². The van der Waals surface area contributed by atoms with Gasteiger partial charge in [-0.15, -0.1) is 0 Å². The van der Waals surface area contributed by atoms with Crippen LogP contribution in [0.15, 0.2) is 30.5 Å². The fourth-order valence-corrected chi connectivity index (χ4v) is 2.05. The highest BCUT2D eigenvalue weighted by molar-refractivity contribution is 6.02. The number of halogens is 1. The third-order valence-corrected chi connectivity index (χ3v) is 3.14. The number of Topliss-reactive ketones (excluding diaryl/α,β-unsaturated/α-hetero) is 1. The van der Waals surface area contributed by atoms with E-state index in [0.717, 1.165) is 19.4 Å². The lowest BCUT2D eigenvalue weighted by Gasteiger charge is -2.09. The van der Waals surface area contributed by atoms with Crippen molar-refractivity contribution < 1.29 is 23.6 Å². The molecule has 23 heavy (non-hydrogen) atoms. The highest BCUT2D eigenvalue weighted by Gasteiger charge is 2.22. The number of aromatic nitrogens is 1. The van der Waals surface area contributed by atoms with Crippen molar-refractivity contribution in [3.05, 3.63) is 57.7 Å². The van der Waals surface area contributed by atoms with Gasteiger partial charge in [0.05, 0.1) is 12.0 Å². The van der Waals surface area contributed by atoms with Crippen molar-refractivity contribution in [3.8, 4) is 11.1 Å². The van der Waals surface area contributed by atoms with Crippen LogP contribution in [0.1, 0.15) is 27.8 Å². The van der Waals surface area contributed by atoms with Gasteiger partial charge in [-0.05, 0) is 13.0 Å². The van der Waals surface area contributed by atoms with Crippen molar-refractivity contribution in [2.45, 2.75) is 6.92 Å². The molecule has 0 bridgehead atoms. The standard InChI is InChI=1S/C15H11FN2O5/c1-8(19)10-6-12(15(20)23-2)17-7-11(10)9-4-3-5-13(14(9)16)18(21)22/h3-7H,1-2H3. The molecule has 2 aromatic rings. The zero-order chi connectivity index (χ0) is 17.1. The van der Waals surface area contributed by atoms with E-state index in [4.69, 9.17) is 0 Å². The van der Waals surface area contributed by atoms with E-state index in [0.29, 0.717) is 0 Å². The summed E-state index contributed by atoms with van der Waals surface area (Å²) in [6.07, 6.45) is 1.12. The van der Waals surface area contributed by atoms with Gasteiger partial charge in [-0.1, -0.05) is 12.1 Å². The molecule has 1 heterocycles. The second-order valence-electron chi connectivity index (χ2n) is 4.56. The lowest BCUT2D eigenvalue weighted by atomic mass is 9.98. The summed E-state index contributed by atoms with van der Waals surface area (Å²) in [4.78, 5) is 37.1. The molecule has 1 aromatic heterocycles. The van der Waals surface area contributed by atoms with Crippen LogP contribution < -0.4 is 0 Å². The summed E-state index contributed by atoms with van der Waals surface area (Å²) in [5.74, 6) is -2.27. The van der Waals surface area contributed by atoms with Gasteiger partial charge in [0.2, 0.25) is 5.82 Å². The molecule has 0 fully saturated rings. The maximum absolute atomic E-state index is 14.3. The molecule has 0 aliphatic carbocycles. The van der Waals surface area contributed by atoms with Crippen molar-refractivity contribution >= 4 is 17.4 Å². The molecule has 0 radical (unpaired) electrons. The maximum Gasteiger partial charge on any atom is 0.356 e. The monoisotopic (exact) mass is 318 g/mol. The molecule has 1 aromatic carbocycles. The molecule has 2 rings (SSSR count). The van der Waals surface area contributed by atoms with Gasteiger partial charge in [0.25, 0.3) is 0 Å². The Kier molecular flexibility index (Phi) is 4.44. The van der Waals surface area contributed by atoms with E-state index in [9.17, 15) is 24.1 Å². The Balaban J connectivity index is 2.69. The van der Waals surface area contributed by atoms with Gasteiger partial charge in [-0.3, -0.25) is 14.9 Å². The number of hydrogen-bond donors (Lipinski definition) is 0. The van der Waals surface area contributed by atoms with Gasteiger partial charge in [0, 0.05) is 29.0 Å². The van der Waals surface area contributed by atoms with Gasteiger partial charge < -0.3 is 4.74 Å². The third-order valence-electron chi connectivity index (χ3n) is 3.14. The number of methoxy groups -OCH3 is 1. The first-order valence-corrected chi connectivity index (χ1v) is 6.39. The molecule has 8 heteroatoms. The normalized spacial score (nSPS) is 10.2. The second-order valence-corrected chi connectivity index (χ2v) is 4.56. The van der Waals surface area contributed by atoms with Gasteiger partial charge in [0.15, 0.2) is 5.78 Å². The quantitative estimate of drug-likeness (QED) is 0.372. The highest BCUT2D eigenvalue weighted by Crippen LogP contribution is 2.31. The predicted octanol–water partition coefficient (Wildman–Crippen LogP) is 2.79. The van der Waals surface area contributed by atoms with Crippen molar-refractivity contribution in [2.75, 3.05) is 7.11 Å². The summed E-state index contributed by atoms with van der Waals surface area (Å²) in [6, 6.07) is 4.78. The number of nitrogens with zero attached hydrogens (tertiary/aromatic N) is 2. The number of ketones is 1. The average Bonchev–Trinajstić information content (AvgIpc) is 2.53. The molecule has 0 saturated heterocycles. The highest BCUT2D eigenvalue weighted by atomic mass is 19.1. The molecule has 0 aliphatic rings. The zero-order valence-corrected chi connectivity index (χ0v) is 12.2. The average molecular weight is 318 g/mol. The molecule has 7 nitrogen and oxygen atoms in total. The minimum Gasteiger partial charge on any atom is -0.464 e. The van der Waals surface area contributed by atoms with Crippen molar-refractivity contribution in [3.63, 3.8) is 0 Å². The molecular formula is C15H11FN2O5. The minimum atomic E-state index is -1.08. The van der Waals surface area contributed by atoms with Crippen LogP contribution >= 0.6 is 0 Å². The molecule has 118 valence electrons. The van der Waals surface area contributed by atoms with E-state index in [-0.39, 0.29) is 22.4 Å². The number of carbonyl (C=O) groups excluding carboxylic acids is 2.